The van der Waals surface area contributed by atoms with Gasteiger partial charge in [0.25, 0.3) is 0 Å². The molecule has 1 aliphatic carbocycles. The van der Waals surface area contributed by atoms with E-state index in [-0.39, 0.29) is 0 Å². The molecule has 15 heavy (non-hydrogen) atoms. The van der Waals surface area contributed by atoms with Crippen LogP contribution < -0.4 is 5.32 Å². The topological polar surface area (TPSA) is 32.3 Å². The lowest BCUT2D eigenvalue weighted by atomic mass is 9.87. The quantitative estimate of drug-likeness (QED) is 0.681. The van der Waals surface area contributed by atoms with Crippen molar-refractivity contribution in [1.82, 2.24) is 5.32 Å². The Morgan fingerprint density at radius 2 is 2.00 bits per heavy atom. The van der Waals surface area contributed by atoms with Gasteiger partial charge in [-0.25, -0.2) is 0 Å². The molecule has 90 valence electrons. The lowest BCUT2D eigenvalue weighted by Gasteiger charge is -2.22. The minimum Gasteiger partial charge on any atom is -0.396 e. The lowest BCUT2D eigenvalue weighted by Crippen LogP contribution is -2.28. The molecule has 0 spiro atoms. The highest BCUT2D eigenvalue weighted by Gasteiger charge is 2.12. The van der Waals surface area contributed by atoms with Gasteiger partial charge < -0.3 is 10.4 Å². The van der Waals surface area contributed by atoms with Crippen LogP contribution in [-0.2, 0) is 0 Å². The molecule has 0 aromatic heterocycles. The van der Waals surface area contributed by atoms with Crippen LogP contribution in [0.2, 0.25) is 0 Å². The van der Waals surface area contributed by atoms with E-state index < -0.39 is 0 Å². The van der Waals surface area contributed by atoms with E-state index in [1.54, 1.807) is 0 Å². The maximum absolute atomic E-state index is 8.72. The van der Waals surface area contributed by atoms with E-state index in [0.717, 1.165) is 25.3 Å². The van der Waals surface area contributed by atoms with Gasteiger partial charge in [-0.05, 0) is 38.6 Å². The molecule has 1 fully saturated rings. The van der Waals surface area contributed by atoms with E-state index in [1.165, 1.54) is 38.5 Å². The first-order valence-corrected chi connectivity index (χ1v) is 6.67. The summed E-state index contributed by atoms with van der Waals surface area (Å²) in [5.41, 5.74) is 0. The first-order chi connectivity index (χ1) is 7.33. The van der Waals surface area contributed by atoms with Crippen LogP contribution in [0, 0.1) is 5.92 Å². The normalized spacial score (nSPS) is 20.4. The Morgan fingerprint density at radius 1 is 1.27 bits per heavy atom. The number of rotatable bonds is 7. The first-order valence-electron chi connectivity index (χ1n) is 6.67. The molecule has 0 radical (unpaired) electrons. The summed E-state index contributed by atoms with van der Waals surface area (Å²) >= 11 is 0. The molecule has 0 amide bonds. The van der Waals surface area contributed by atoms with E-state index in [9.17, 15) is 0 Å². The van der Waals surface area contributed by atoms with Gasteiger partial charge in [-0.3, -0.25) is 0 Å². The number of aliphatic hydroxyl groups is 1. The minimum atomic E-state index is 0.328. The highest BCUT2D eigenvalue weighted by Crippen LogP contribution is 2.25. The van der Waals surface area contributed by atoms with Crippen molar-refractivity contribution in [1.29, 1.82) is 0 Å². The smallest absolute Gasteiger partial charge is 0.0431 e. The van der Waals surface area contributed by atoms with Crippen molar-refractivity contribution in [3.8, 4) is 0 Å². The van der Waals surface area contributed by atoms with Crippen LogP contribution in [-0.4, -0.2) is 24.3 Å². The molecule has 1 atom stereocenters. The maximum Gasteiger partial charge on any atom is 0.0431 e. The van der Waals surface area contributed by atoms with Gasteiger partial charge in [0.1, 0.15) is 0 Å². The summed E-state index contributed by atoms with van der Waals surface area (Å²) in [6.45, 7) is 3.71. The Labute approximate surface area is 94.5 Å². The zero-order valence-corrected chi connectivity index (χ0v) is 10.2. The average Bonchev–Trinajstić information content (AvgIpc) is 2.28. The largest absolute Gasteiger partial charge is 0.396 e. The van der Waals surface area contributed by atoms with Crippen molar-refractivity contribution in [2.75, 3.05) is 13.2 Å². The SMILES string of the molecule is CC(CCCO)NCCC1CCCCC1. The van der Waals surface area contributed by atoms with E-state index in [1.807, 2.05) is 0 Å². The van der Waals surface area contributed by atoms with Gasteiger partial charge in [0, 0.05) is 12.6 Å². The monoisotopic (exact) mass is 213 g/mol. The molecular formula is C13H27NO. The lowest BCUT2D eigenvalue weighted by molar-refractivity contribution is 0.274. The molecule has 0 aromatic rings. The van der Waals surface area contributed by atoms with Crippen molar-refractivity contribution in [3.63, 3.8) is 0 Å². The zero-order valence-electron chi connectivity index (χ0n) is 10.2. The predicted molar refractivity (Wildman–Crippen MR) is 65.0 cm³/mol. The van der Waals surface area contributed by atoms with Gasteiger partial charge in [0.2, 0.25) is 0 Å². The molecule has 1 saturated carbocycles. The standard InChI is InChI=1S/C13H27NO/c1-12(6-5-11-15)14-10-9-13-7-3-2-4-8-13/h12-15H,2-11H2,1H3. The number of aliphatic hydroxyl groups excluding tert-OH is 1. The van der Waals surface area contributed by atoms with Gasteiger partial charge in [-0.1, -0.05) is 32.1 Å². The second-order valence-corrected chi connectivity index (χ2v) is 5.01. The predicted octanol–water partition coefficient (Wildman–Crippen LogP) is 2.71. The Kier molecular flexibility index (Phi) is 7.03. The van der Waals surface area contributed by atoms with Crippen molar-refractivity contribution < 1.29 is 5.11 Å². The molecule has 2 heteroatoms. The van der Waals surface area contributed by atoms with Crippen molar-refractivity contribution >= 4 is 0 Å². The Bertz CT molecular complexity index is 143. The molecule has 0 heterocycles. The maximum atomic E-state index is 8.72. The summed E-state index contributed by atoms with van der Waals surface area (Å²) in [6.07, 6.45) is 10.6. The number of nitrogens with one attached hydrogen (secondary N) is 1. The Morgan fingerprint density at radius 3 is 2.67 bits per heavy atom. The third-order valence-electron chi connectivity index (χ3n) is 3.57. The van der Waals surface area contributed by atoms with Gasteiger partial charge in [-0.15, -0.1) is 0 Å². The van der Waals surface area contributed by atoms with E-state index in [4.69, 9.17) is 5.11 Å². The van der Waals surface area contributed by atoms with Crippen molar-refractivity contribution in [2.24, 2.45) is 5.92 Å². The van der Waals surface area contributed by atoms with Crippen LogP contribution in [0.3, 0.4) is 0 Å². The van der Waals surface area contributed by atoms with E-state index in [2.05, 4.69) is 12.2 Å². The summed E-state index contributed by atoms with van der Waals surface area (Å²) in [5.74, 6) is 0.983. The van der Waals surface area contributed by atoms with Gasteiger partial charge >= 0.3 is 0 Å². The fraction of sp³-hybridized carbons (Fsp3) is 1.00. The van der Waals surface area contributed by atoms with Gasteiger partial charge in [0.05, 0.1) is 0 Å². The summed E-state index contributed by atoms with van der Waals surface area (Å²) in [6, 6.07) is 0.570. The molecule has 0 saturated heterocycles. The Hall–Kier alpha value is -0.0800. The average molecular weight is 213 g/mol. The summed E-state index contributed by atoms with van der Waals surface area (Å²) in [7, 11) is 0. The van der Waals surface area contributed by atoms with Crippen molar-refractivity contribution in [2.45, 2.75) is 64.3 Å². The van der Waals surface area contributed by atoms with E-state index in [0.29, 0.717) is 12.6 Å². The molecule has 1 rings (SSSR count). The zero-order chi connectivity index (χ0) is 10.9. The molecule has 0 aliphatic heterocycles. The highest BCUT2D eigenvalue weighted by molar-refractivity contribution is 4.68. The number of hydrogen-bond acceptors (Lipinski definition) is 2. The van der Waals surface area contributed by atoms with Crippen LogP contribution in [0.5, 0.6) is 0 Å². The van der Waals surface area contributed by atoms with Crippen LogP contribution in [0.15, 0.2) is 0 Å². The fourth-order valence-electron chi connectivity index (χ4n) is 2.51. The second-order valence-electron chi connectivity index (χ2n) is 5.01. The Balaban J connectivity index is 1.94. The third kappa shape index (κ3) is 6.16. The van der Waals surface area contributed by atoms with Gasteiger partial charge in [0.15, 0.2) is 0 Å². The van der Waals surface area contributed by atoms with Crippen LogP contribution in [0.1, 0.15) is 58.3 Å². The molecular weight excluding hydrogens is 186 g/mol. The molecule has 0 bridgehead atoms. The molecule has 2 N–H and O–H groups in total. The third-order valence-corrected chi connectivity index (χ3v) is 3.57. The molecule has 0 aromatic carbocycles. The van der Waals surface area contributed by atoms with E-state index >= 15 is 0 Å². The summed E-state index contributed by atoms with van der Waals surface area (Å²) in [4.78, 5) is 0. The van der Waals surface area contributed by atoms with Crippen LogP contribution in [0.4, 0.5) is 0 Å². The van der Waals surface area contributed by atoms with Crippen LogP contribution in [0.25, 0.3) is 0 Å². The summed E-state index contributed by atoms with van der Waals surface area (Å²) in [5, 5.41) is 12.3. The molecule has 2 nitrogen and oxygen atoms in total. The first kappa shape index (κ1) is 13.0. The second kappa shape index (κ2) is 8.12. The van der Waals surface area contributed by atoms with Gasteiger partial charge in [-0.2, -0.15) is 0 Å². The van der Waals surface area contributed by atoms with Crippen molar-refractivity contribution in [3.05, 3.63) is 0 Å². The minimum absolute atomic E-state index is 0.328. The fourth-order valence-corrected chi connectivity index (χ4v) is 2.51. The molecule has 1 aliphatic rings. The highest BCUT2D eigenvalue weighted by atomic mass is 16.2. The summed E-state index contributed by atoms with van der Waals surface area (Å²) < 4.78 is 0. The number of hydrogen-bond donors (Lipinski definition) is 2. The van der Waals surface area contributed by atoms with Crippen LogP contribution >= 0.6 is 0 Å². The molecule has 1 unspecified atom stereocenters.